The van der Waals surface area contributed by atoms with Gasteiger partial charge < -0.3 is 5.73 Å². The van der Waals surface area contributed by atoms with Crippen LogP contribution < -0.4 is 10.5 Å². The quantitative estimate of drug-likeness (QED) is 0.815. The molecule has 0 fully saturated rings. The molecule has 7 heteroatoms. The van der Waals surface area contributed by atoms with Crippen LogP contribution in [0.3, 0.4) is 0 Å². The molecule has 0 spiro atoms. The summed E-state index contributed by atoms with van der Waals surface area (Å²) in [5.41, 5.74) is 7.54. The second-order valence-electron chi connectivity index (χ2n) is 4.52. The molecule has 1 aromatic carbocycles. The van der Waals surface area contributed by atoms with E-state index in [0.717, 1.165) is 5.56 Å². The Morgan fingerprint density at radius 1 is 1.29 bits per heavy atom. The molecule has 0 unspecified atom stereocenters. The zero-order valence-electron chi connectivity index (χ0n) is 11.4. The van der Waals surface area contributed by atoms with Crippen molar-refractivity contribution in [1.29, 1.82) is 0 Å². The SMILES string of the molecule is Cc1ccc(C(N)=S)cc1S(=O)(=O)NCc1ccncc1. The van der Waals surface area contributed by atoms with Gasteiger partial charge in [-0.2, -0.15) is 0 Å². The lowest BCUT2D eigenvalue weighted by molar-refractivity contribution is 0.580. The minimum absolute atomic E-state index is 0.167. The van der Waals surface area contributed by atoms with Crippen molar-refractivity contribution in [3.63, 3.8) is 0 Å². The normalized spacial score (nSPS) is 11.3. The van der Waals surface area contributed by atoms with E-state index in [-0.39, 0.29) is 16.4 Å². The van der Waals surface area contributed by atoms with Crippen LogP contribution in [0.4, 0.5) is 0 Å². The summed E-state index contributed by atoms with van der Waals surface area (Å²) in [6.45, 7) is 1.92. The number of nitrogens with two attached hydrogens (primary N) is 1. The number of sulfonamides is 1. The molecule has 0 aliphatic carbocycles. The number of nitrogens with zero attached hydrogens (tertiary/aromatic N) is 1. The molecule has 0 saturated heterocycles. The minimum atomic E-state index is -3.63. The lowest BCUT2D eigenvalue weighted by Gasteiger charge is -2.11. The first-order valence-electron chi connectivity index (χ1n) is 6.19. The van der Waals surface area contributed by atoms with Crippen molar-refractivity contribution in [1.82, 2.24) is 9.71 Å². The lowest BCUT2D eigenvalue weighted by Crippen LogP contribution is -2.24. The molecule has 2 rings (SSSR count). The molecule has 2 aromatic rings. The summed E-state index contributed by atoms with van der Waals surface area (Å²) in [6.07, 6.45) is 3.23. The van der Waals surface area contributed by atoms with Gasteiger partial charge in [0.15, 0.2) is 0 Å². The van der Waals surface area contributed by atoms with Gasteiger partial charge >= 0.3 is 0 Å². The fourth-order valence-corrected chi connectivity index (χ4v) is 3.21. The Bertz CT molecular complexity index is 759. The second-order valence-corrected chi connectivity index (χ2v) is 6.70. The van der Waals surface area contributed by atoms with Crippen molar-refractivity contribution < 1.29 is 8.42 Å². The van der Waals surface area contributed by atoms with Crippen molar-refractivity contribution in [2.24, 2.45) is 5.73 Å². The third kappa shape index (κ3) is 3.84. The zero-order valence-corrected chi connectivity index (χ0v) is 13.0. The topological polar surface area (TPSA) is 85.1 Å². The first-order valence-corrected chi connectivity index (χ1v) is 8.08. The standard InChI is InChI=1S/C14H15N3O2S2/c1-10-2-3-12(14(15)20)8-13(10)21(18,19)17-9-11-4-6-16-7-5-11/h2-8,17H,9H2,1H3,(H2,15,20). The lowest BCUT2D eigenvalue weighted by atomic mass is 10.1. The highest BCUT2D eigenvalue weighted by Crippen LogP contribution is 2.17. The monoisotopic (exact) mass is 321 g/mol. The van der Waals surface area contributed by atoms with Crippen molar-refractivity contribution in [2.45, 2.75) is 18.4 Å². The van der Waals surface area contributed by atoms with Crippen LogP contribution in [0.2, 0.25) is 0 Å². The number of benzene rings is 1. The molecule has 0 aliphatic rings. The number of pyridine rings is 1. The Labute approximate surface area is 129 Å². The van der Waals surface area contributed by atoms with Crippen LogP contribution in [0.25, 0.3) is 0 Å². The summed E-state index contributed by atoms with van der Waals surface area (Å²) in [4.78, 5) is 4.24. The molecule has 0 aliphatic heterocycles. The van der Waals surface area contributed by atoms with Crippen LogP contribution in [0.5, 0.6) is 0 Å². The number of nitrogens with one attached hydrogen (secondary N) is 1. The van der Waals surface area contributed by atoms with Crippen molar-refractivity contribution in [2.75, 3.05) is 0 Å². The maximum Gasteiger partial charge on any atom is 0.241 e. The summed E-state index contributed by atoms with van der Waals surface area (Å²) < 4.78 is 27.3. The highest BCUT2D eigenvalue weighted by molar-refractivity contribution is 7.89. The highest BCUT2D eigenvalue weighted by atomic mass is 32.2. The van der Waals surface area contributed by atoms with Crippen LogP contribution in [0, 0.1) is 6.92 Å². The van der Waals surface area contributed by atoms with Gasteiger partial charge in [-0.25, -0.2) is 13.1 Å². The van der Waals surface area contributed by atoms with Gasteiger partial charge in [-0.15, -0.1) is 0 Å². The van der Waals surface area contributed by atoms with Crippen molar-refractivity contribution in [3.8, 4) is 0 Å². The van der Waals surface area contributed by atoms with E-state index in [1.807, 2.05) is 0 Å². The Hall–Kier alpha value is -1.83. The molecular formula is C14H15N3O2S2. The number of rotatable bonds is 5. The van der Waals surface area contributed by atoms with Crippen molar-refractivity contribution in [3.05, 3.63) is 59.4 Å². The third-order valence-corrected chi connectivity index (χ3v) is 4.76. The minimum Gasteiger partial charge on any atom is -0.389 e. The number of aryl methyl sites for hydroxylation is 1. The number of thiocarbonyl (C=S) groups is 1. The van der Waals surface area contributed by atoms with Crippen LogP contribution in [-0.4, -0.2) is 18.4 Å². The second kappa shape index (κ2) is 6.30. The summed E-state index contributed by atoms with van der Waals surface area (Å²) >= 11 is 4.88. The van der Waals surface area contributed by atoms with Gasteiger partial charge in [0.1, 0.15) is 4.99 Å². The van der Waals surface area contributed by atoms with Crippen LogP contribution in [-0.2, 0) is 16.6 Å². The van der Waals surface area contributed by atoms with Gasteiger partial charge in [-0.05, 0) is 36.2 Å². The maximum atomic E-state index is 12.4. The first-order chi connectivity index (χ1) is 9.90. The molecule has 1 aromatic heterocycles. The van der Waals surface area contributed by atoms with Crippen LogP contribution in [0.1, 0.15) is 16.7 Å². The average molecular weight is 321 g/mol. The van der Waals surface area contributed by atoms with Crippen LogP contribution in [0.15, 0.2) is 47.6 Å². The Morgan fingerprint density at radius 3 is 2.57 bits per heavy atom. The molecule has 3 N–H and O–H groups in total. The molecule has 5 nitrogen and oxygen atoms in total. The molecule has 1 heterocycles. The fourth-order valence-electron chi connectivity index (χ4n) is 1.80. The van der Waals surface area contributed by atoms with Gasteiger partial charge in [0.05, 0.1) is 4.90 Å². The molecular weight excluding hydrogens is 306 g/mol. The van der Waals surface area contributed by atoms with Gasteiger partial charge in [0, 0.05) is 24.5 Å². The Balaban J connectivity index is 2.27. The summed E-state index contributed by atoms with van der Waals surface area (Å²) in [5.74, 6) is 0. The van der Waals surface area contributed by atoms with Crippen LogP contribution >= 0.6 is 12.2 Å². The predicted molar refractivity (Wildman–Crippen MR) is 85.3 cm³/mol. The summed E-state index contributed by atoms with van der Waals surface area (Å²) in [6, 6.07) is 8.39. The maximum absolute atomic E-state index is 12.4. The molecule has 0 bridgehead atoms. The highest BCUT2D eigenvalue weighted by Gasteiger charge is 2.17. The smallest absolute Gasteiger partial charge is 0.241 e. The molecule has 0 atom stereocenters. The fraction of sp³-hybridized carbons (Fsp3) is 0.143. The Morgan fingerprint density at radius 2 is 1.95 bits per heavy atom. The average Bonchev–Trinajstić information content (AvgIpc) is 2.46. The van der Waals surface area contributed by atoms with Crippen molar-refractivity contribution >= 4 is 27.2 Å². The number of aromatic nitrogens is 1. The number of hydrogen-bond donors (Lipinski definition) is 2. The van der Waals surface area contributed by atoms with Gasteiger partial charge in [0.25, 0.3) is 0 Å². The number of hydrogen-bond acceptors (Lipinski definition) is 4. The predicted octanol–water partition coefficient (Wildman–Crippen LogP) is 1.50. The first kappa shape index (κ1) is 15.6. The van der Waals surface area contributed by atoms with Gasteiger partial charge in [-0.1, -0.05) is 24.4 Å². The van der Waals surface area contributed by atoms with E-state index in [9.17, 15) is 8.42 Å². The van der Waals surface area contributed by atoms with E-state index < -0.39 is 10.0 Å². The molecule has 0 amide bonds. The third-order valence-electron chi connectivity index (χ3n) is 2.98. The van der Waals surface area contributed by atoms with Gasteiger partial charge in [0.2, 0.25) is 10.0 Å². The zero-order chi connectivity index (χ0) is 15.5. The molecule has 0 radical (unpaired) electrons. The van der Waals surface area contributed by atoms with Gasteiger partial charge in [-0.3, -0.25) is 4.98 Å². The summed E-state index contributed by atoms with van der Waals surface area (Å²) in [7, 11) is -3.63. The van der Waals surface area contributed by atoms with E-state index in [2.05, 4.69) is 9.71 Å². The Kier molecular flexibility index (Phi) is 4.66. The van der Waals surface area contributed by atoms with E-state index in [4.69, 9.17) is 18.0 Å². The largest absolute Gasteiger partial charge is 0.389 e. The molecule has 0 saturated carbocycles. The molecule has 110 valence electrons. The van der Waals surface area contributed by atoms with E-state index in [0.29, 0.717) is 11.1 Å². The molecule has 21 heavy (non-hydrogen) atoms. The van der Waals surface area contributed by atoms with E-state index >= 15 is 0 Å². The van der Waals surface area contributed by atoms with E-state index in [1.165, 1.54) is 6.07 Å². The summed E-state index contributed by atoms with van der Waals surface area (Å²) in [5, 5.41) is 0. The van der Waals surface area contributed by atoms with E-state index in [1.54, 1.807) is 43.6 Å².